The second-order valence-electron chi connectivity index (χ2n) is 11.4. The summed E-state index contributed by atoms with van der Waals surface area (Å²) in [6.45, 7) is 1.02. The molecule has 1 heterocycles. The summed E-state index contributed by atoms with van der Waals surface area (Å²) in [5.74, 6) is -2.28. The van der Waals surface area contributed by atoms with E-state index in [-0.39, 0.29) is 21.2 Å². The Morgan fingerprint density at radius 2 is 1.44 bits per heavy atom. The number of unbranched alkanes of at least 4 members (excludes halogenated alkanes) is 1. The first-order valence-electron chi connectivity index (χ1n) is 15.7. The molecule has 2 amide bonds. The second-order valence-corrected chi connectivity index (χ2v) is 14.5. The number of sulfonamides is 1. The van der Waals surface area contributed by atoms with E-state index in [1.165, 1.54) is 30.3 Å². The van der Waals surface area contributed by atoms with E-state index in [0.29, 0.717) is 41.0 Å². The Bertz CT molecular complexity index is 1780. The maximum atomic E-state index is 15.1. The lowest BCUT2D eigenvalue weighted by Gasteiger charge is -2.34. The smallest absolute Gasteiger partial charge is 0.417 e. The van der Waals surface area contributed by atoms with Crippen molar-refractivity contribution in [3.63, 3.8) is 0 Å². The van der Waals surface area contributed by atoms with Crippen LogP contribution in [-0.4, -0.2) is 67.2 Å². The maximum absolute atomic E-state index is 15.1. The van der Waals surface area contributed by atoms with Crippen LogP contribution >= 0.6 is 11.3 Å². The molecule has 268 valence electrons. The van der Waals surface area contributed by atoms with E-state index in [1.54, 1.807) is 60.7 Å². The van der Waals surface area contributed by atoms with E-state index < -0.39 is 63.7 Å². The van der Waals surface area contributed by atoms with Gasteiger partial charge < -0.3 is 21.3 Å². The van der Waals surface area contributed by atoms with Gasteiger partial charge in [0.2, 0.25) is 10.0 Å². The first-order valence-corrected chi connectivity index (χ1v) is 17.9. The lowest BCUT2D eigenvalue weighted by Crippen LogP contribution is -2.53. The third-order valence-corrected chi connectivity index (χ3v) is 11.3. The van der Waals surface area contributed by atoms with E-state index in [1.807, 2.05) is 6.92 Å². The number of carbonyl (C=O) groups is 2. The van der Waals surface area contributed by atoms with Gasteiger partial charge in [0.15, 0.2) is 6.04 Å². The standard InChI is InChI=1S/C35H39F3N4O6S2/c1-3-4-21-41(50(46,47)26-17-15-25(39)16-18-26)27(22-43)28-19-20-29(49-28)32(35(36,37)38)42(34(45)48-2)33(44)31(40)30(23-11-7-5-8-12-23)24-13-9-6-10-14-24/h5-20,27,30-32,43H,3-4,21-22,39-40H2,1-2H3/t27-,31+,32-/m1/s1. The van der Waals surface area contributed by atoms with Crippen LogP contribution < -0.4 is 11.5 Å². The quantitative estimate of drug-likeness (QED) is 0.129. The maximum Gasteiger partial charge on any atom is 0.417 e. The number of rotatable bonds is 14. The minimum Gasteiger partial charge on any atom is -0.452 e. The average Bonchev–Trinajstić information content (AvgIpc) is 3.57. The van der Waals surface area contributed by atoms with Crippen LogP contribution in [0.2, 0.25) is 0 Å². The normalized spacial score (nSPS) is 13.9. The summed E-state index contributed by atoms with van der Waals surface area (Å²) in [5, 5.41) is 10.5. The summed E-state index contributed by atoms with van der Waals surface area (Å²) in [7, 11) is -3.41. The number of methoxy groups -OCH3 is 1. The van der Waals surface area contributed by atoms with E-state index in [4.69, 9.17) is 16.2 Å². The lowest BCUT2D eigenvalue weighted by molar-refractivity contribution is -0.186. The first-order chi connectivity index (χ1) is 23.8. The van der Waals surface area contributed by atoms with E-state index >= 15 is 13.2 Å². The van der Waals surface area contributed by atoms with Crippen LogP contribution in [0.3, 0.4) is 0 Å². The number of aliphatic hydroxyl groups is 1. The topological polar surface area (TPSA) is 156 Å². The number of aliphatic hydroxyl groups excluding tert-OH is 1. The predicted molar refractivity (Wildman–Crippen MR) is 185 cm³/mol. The lowest BCUT2D eigenvalue weighted by atomic mass is 9.84. The van der Waals surface area contributed by atoms with Crippen molar-refractivity contribution in [3.8, 4) is 0 Å². The molecule has 3 aromatic carbocycles. The Kier molecular flexibility index (Phi) is 12.8. The second kappa shape index (κ2) is 16.6. The van der Waals surface area contributed by atoms with Gasteiger partial charge >= 0.3 is 12.3 Å². The zero-order valence-corrected chi connectivity index (χ0v) is 29.0. The molecule has 3 atom stereocenters. The molecule has 0 aliphatic carbocycles. The summed E-state index contributed by atoms with van der Waals surface area (Å²) >= 11 is 0.514. The van der Waals surface area contributed by atoms with Gasteiger partial charge in [0.1, 0.15) is 0 Å². The number of ether oxygens (including phenoxy) is 1. The van der Waals surface area contributed by atoms with Crippen LogP contribution in [0.1, 0.15) is 58.6 Å². The predicted octanol–water partition coefficient (Wildman–Crippen LogP) is 6.21. The fourth-order valence-electron chi connectivity index (χ4n) is 5.64. The Morgan fingerprint density at radius 1 is 0.900 bits per heavy atom. The first kappa shape index (κ1) is 38.5. The van der Waals surface area contributed by atoms with Crippen molar-refractivity contribution in [1.29, 1.82) is 0 Å². The molecule has 4 aromatic rings. The van der Waals surface area contributed by atoms with Crippen molar-refractivity contribution < 1.29 is 41.0 Å². The number of halogens is 3. The molecule has 0 saturated heterocycles. The third-order valence-electron chi connectivity index (χ3n) is 8.12. The molecule has 0 unspecified atom stereocenters. The highest BCUT2D eigenvalue weighted by Crippen LogP contribution is 2.44. The molecule has 0 spiro atoms. The van der Waals surface area contributed by atoms with Gasteiger partial charge in [-0.25, -0.2) is 18.1 Å². The number of alkyl halides is 3. The number of nitrogen functional groups attached to an aromatic ring is 1. The monoisotopic (exact) mass is 732 g/mol. The molecule has 0 bridgehead atoms. The number of benzene rings is 3. The number of thiophene rings is 1. The third kappa shape index (κ3) is 8.53. The van der Waals surface area contributed by atoms with Gasteiger partial charge in [0.05, 0.1) is 30.7 Å². The molecule has 0 aliphatic heterocycles. The van der Waals surface area contributed by atoms with E-state index in [9.17, 15) is 23.1 Å². The summed E-state index contributed by atoms with van der Waals surface area (Å²) in [6.07, 6.45) is -5.83. The largest absolute Gasteiger partial charge is 0.452 e. The molecular formula is C35H39F3N4O6S2. The number of imide groups is 1. The highest BCUT2D eigenvalue weighted by molar-refractivity contribution is 7.89. The van der Waals surface area contributed by atoms with Crippen LogP contribution in [0, 0.1) is 0 Å². The number of nitrogens with two attached hydrogens (primary N) is 2. The highest BCUT2D eigenvalue weighted by Gasteiger charge is 2.52. The van der Waals surface area contributed by atoms with E-state index in [0.717, 1.165) is 17.5 Å². The highest BCUT2D eigenvalue weighted by atomic mass is 32.2. The molecule has 5 N–H and O–H groups in total. The van der Waals surface area contributed by atoms with Gasteiger partial charge in [0.25, 0.3) is 5.91 Å². The zero-order valence-electron chi connectivity index (χ0n) is 27.4. The SMILES string of the molecule is CCCCN([C@H](CO)c1ccc([C@@H](N(C(=O)OC)C(=O)[C@@H](N)C(c2ccccc2)c2ccccc2)C(F)(F)F)s1)S(=O)(=O)c1ccc(N)cc1. The summed E-state index contributed by atoms with van der Waals surface area (Å²) in [6, 6.07) is 18.9. The van der Waals surface area contributed by atoms with Crippen LogP contribution in [0.25, 0.3) is 0 Å². The molecule has 4 rings (SSSR count). The molecule has 10 nitrogen and oxygen atoms in total. The van der Waals surface area contributed by atoms with Gasteiger partial charge in [0, 0.05) is 27.9 Å². The van der Waals surface area contributed by atoms with Gasteiger partial charge in [-0.15, -0.1) is 11.3 Å². The number of hydrogen-bond donors (Lipinski definition) is 3. The Balaban J connectivity index is 1.79. The van der Waals surface area contributed by atoms with Crippen molar-refractivity contribution in [2.24, 2.45) is 5.73 Å². The molecule has 15 heteroatoms. The van der Waals surface area contributed by atoms with Crippen molar-refractivity contribution in [2.45, 2.75) is 54.9 Å². The minimum absolute atomic E-state index is 0.0346. The Labute approximate surface area is 293 Å². The molecule has 1 aromatic heterocycles. The van der Waals surface area contributed by atoms with Crippen LogP contribution in [0.4, 0.5) is 23.7 Å². The molecule has 0 saturated carbocycles. The van der Waals surface area contributed by atoms with Gasteiger partial charge in [-0.2, -0.15) is 17.5 Å². The van der Waals surface area contributed by atoms with Gasteiger partial charge in [-0.3, -0.25) is 4.79 Å². The van der Waals surface area contributed by atoms with Crippen molar-refractivity contribution in [3.05, 3.63) is 118 Å². The molecule has 50 heavy (non-hydrogen) atoms. The summed E-state index contributed by atoms with van der Waals surface area (Å²) in [5.41, 5.74) is 13.6. The summed E-state index contributed by atoms with van der Waals surface area (Å²) < 4.78 is 78.6. The number of amides is 2. The summed E-state index contributed by atoms with van der Waals surface area (Å²) in [4.78, 5) is 26.6. The van der Waals surface area contributed by atoms with Crippen molar-refractivity contribution in [2.75, 3.05) is 26.0 Å². The molecule has 0 aliphatic rings. The molecule has 0 fully saturated rings. The van der Waals surface area contributed by atoms with Crippen LogP contribution in [-0.2, 0) is 19.6 Å². The van der Waals surface area contributed by atoms with Crippen molar-refractivity contribution in [1.82, 2.24) is 9.21 Å². The molecular weight excluding hydrogens is 694 g/mol. The number of nitrogens with zero attached hydrogens (tertiary/aromatic N) is 2. The van der Waals surface area contributed by atoms with Crippen LogP contribution in [0.5, 0.6) is 0 Å². The minimum atomic E-state index is -5.21. The number of hydrogen-bond acceptors (Lipinski definition) is 9. The average molecular weight is 733 g/mol. The van der Waals surface area contributed by atoms with E-state index in [2.05, 4.69) is 0 Å². The van der Waals surface area contributed by atoms with Gasteiger partial charge in [-0.05, 0) is 53.9 Å². The number of carbonyl (C=O) groups excluding carboxylic acids is 2. The zero-order chi connectivity index (χ0) is 36.6. The number of anilines is 1. The Hall–Kier alpha value is -4.28. The van der Waals surface area contributed by atoms with Crippen LogP contribution in [0.15, 0.2) is 102 Å². The van der Waals surface area contributed by atoms with Crippen molar-refractivity contribution >= 4 is 39.0 Å². The fourth-order valence-corrected chi connectivity index (χ4v) is 8.57. The Morgan fingerprint density at radius 3 is 1.92 bits per heavy atom. The fraction of sp³-hybridized carbons (Fsp3) is 0.314. The van der Waals surface area contributed by atoms with Gasteiger partial charge in [-0.1, -0.05) is 74.0 Å². The molecule has 0 radical (unpaired) electrons.